The van der Waals surface area contributed by atoms with Gasteiger partial charge >= 0.3 is 5.97 Å². The summed E-state index contributed by atoms with van der Waals surface area (Å²) in [5.41, 5.74) is 5.30. The minimum Gasteiger partial charge on any atom is -0.481 e. The molecule has 4 rings (SSSR count). The second kappa shape index (κ2) is 11.2. The molecule has 0 radical (unpaired) electrons. The van der Waals surface area contributed by atoms with Crippen LogP contribution < -0.4 is 10.2 Å². The summed E-state index contributed by atoms with van der Waals surface area (Å²) in [6.07, 6.45) is 4.02. The predicted octanol–water partition coefficient (Wildman–Crippen LogP) is 6.71. The lowest BCUT2D eigenvalue weighted by Crippen LogP contribution is -2.40. The highest BCUT2D eigenvalue weighted by atomic mass is 32.1. The molecule has 0 amide bonds. The molecule has 182 valence electrons. The predicted molar refractivity (Wildman–Crippen MR) is 141 cm³/mol. The van der Waals surface area contributed by atoms with E-state index >= 15 is 0 Å². The van der Waals surface area contributed by atoms with E-state index < -0.39 is 5.97 Å². The van der Waals surface area contributed by atoms with E-state index in [2.05, 4.69) is 65.4 Å². The van der Waals surface area contributed by atoms with Crippen molar-refractivity contribution in [1.29, 1.82) is 0 Å². The maximum absolute atomic E-state index is 11.5. The Morgan fingerprint density at radius 2 is 2.03 bits per heavy atom. The van der Waals surface area contributed by atoms with Gasteiger partial charge in [-0.1, -0.05) is 19.9 Å². The topological polar surface area (TPSA) is 74.7 Å². The van der Waals surface area contributed by atoms with Gasteiger partial charge in [0.05, 0.1) is 33.0 Å². The Morgan fingerprint density at radius 3 is 2.74 bits per heavy atom. The summed E-state index contributed by atoms with van der Waals surface area (Å²) in [7, 11) is 0. The first-order valence-electron chi connectivity index (χ1n) is 12.3. The van der Waals surface area contributed by atoms with E-state index in [4.69, 9.17) is 4.74 Å². The minimum atomic E-state index is -0.758. The van der Waals surface area contributed by atoms with E-state index in [1.54, 1.807) is 11.3 Å². The van der Waals surface area contributed by atoms with E-state index in [-0.39, 0.29) is 12.3 Å². The van der Waals surface area contributed by atoms with E-state index in [0.29, 0.717) is 6.04 Å². The Labute approximate surface area is 206 Å². The molecule has 6 nitrogen and oxygen atoms in total. The van der Waals surface area contributed by atoms with Crippen LogP contribution in [0.25, 0.3) is 10.2 Å². The summed E-state index contributed by atoms with van der Waals surface area (Å²) >= 11 is 1.70. The number of aromatic nitrogens is 1. The summed E-state index contributed by atoms with van der Waals surface area (Å²) < 4.78 is 6.79. The highest BCUT2D eigenvalue weighted by molar-refractivity contribution is 7.18. The van der Waals surface area contributed by atoms with Crippen LogP contribution in [-0.2, 0) is 9.53 Å². The highest BCUT2D eigenvalue weighted by Gasteiger charge is 2.24. The van der Waals surface area contributed by atoms with Crippen molar-refractivity contribution < 1.29 is 14.6 Å². The fraction of sp³-hybridized carbons (Fsp3) is 0.481. The van der Waals surface area contributed by atoms with Crippen molar-refractivity contribution in [3.05, 3.63) is 47.0 Å². The fourth-order valence-electron chi connectivity index (χ4n) is 4.88. The number of aliphatic carboxylic acids is 1. The molecule has 1 aliphatic rings. The summed E-state index contributed by atoms with van der Waals surface area (Å²) in [4.78, 5) is 18.6. The molecule has 0 unspecified atom stereocenters. The Bertz CT molecular complexity index is 1120. The zero-order chi connectivity index (χ0) is 24.1. The summed E-state index contributed by atoms with van der Waals surface area (Å²) in [5.74, 6) is -0.771. The number of nitrogens with zero attached hydrogens (tertiary/aromatic N) is 2. The number of ether oxygens (including phenoxy) is 1. The molecule has 0 bridgehead atoms. The number of benzene rings is 2. The van der Waals surface area contributed by atoms with E-state index in [9.17, 15) is 9.90 Å². The summed E-state index contributed by atoms with van der Waals surface area (Å²) in [6, 6.07) is 13.2. The first kappa shape index (κ1) is 24.5. The second-order valence-corrected chi connectivity index (χ2v) is 10.3. The van der Waals surface area contributed by atoms with Gasteiger partial charge in [0.25, 0.3) is 0 Å². The van der Waals surface area contributed by atoms with Gasteiger partial charge in [0.2, 0.25) is 0 Å². The zero-order valence-corrected chi connectivity index (χ0v) is 21.2. The van der Waals surface area contributed by atoms with E-state index in [0.717, 1.165) is 77.6 Å². The lowest BCUT2D eigenvalue weighted by molar-refractivity contribution is -0.137. The fourth-order valence-corrected chi connectivity index (χ4v) is 5.74. The number of nitrogens with one attached hydrogen (secondary N) is 1. The van der Waals surface area contributed by atoms with Crippen molar-refractivity contribution in [2.24, 2.45) is 0 Å². The van der Waals surface area contributed by atoms with Crippen LogP contribution in [0, 0.1) is 6.92 Å². The third-order valence-corrected chi connectivity index (χ3v) is 7.52. The van der Waals surface area contributed by atoms with Crippen LogP contribution in [0.4, 0.5) is 17.1 Å². The van der Waals surface area contributed by atoms with Gasteiger partial charge in [0.1, 0.15) is 0 Å². The van der Waals surface area contributed by atoms with Gasteiger partial charge in [0.15, 0.2) is 0 Å². The number of fused-ring (bicyclic) bond motifs is 1. The third kappa shape index (κ3) is 5.70. The lowest BCUT2D eigenvalue weighted by atomic mass is 9.92. The molecular formula is C27H35N3O3S. The number of hydrogen-bond donors (Lipinski definition) is 2. The molecule has 2 aromatic carbocycles. The van der Waals surface area contributed by atoms with Crippen LogP contribution in [0.15, 0.2) is 36.4 Å². The number of aryl methyl sites for hydroxylation is 1. The number of hydrogen-bond acceptors (Lipinski definition) is 6. The SMILES string of the molecule is CCCN(c1ccc([C@@H](CC)CC(=O)O)cc1Nc1ccc2nc(C)sc2c1)C1CCOCC1. The minimum absolute atomic E-state index is 0.0126. The molecule has 3 aromatic rings. The number of carboxylic acid groups (broad SMARTS) is 1. The smallest absolute Gasteiger partial charge is 0.303 e. The van der Waals surface area contributed by atoms with Gasteiger partial charge in [-0.05, 0) is 74.4 Å². The molecule has 2 N–H and O–H groups in total. The van der Waals surface area contributed by atoms with Crippen LogP contribution in [0.2, 0.25) is 0 Å². The van der Waals surface area contributed by atoms with Gasteiger partial charge in [-0.3, -0.25) is 4.79 Å². The zero-order valence-electron chi connectivity index (χ0n) is 20.3. The van der Waals surface area contributed by atoms with Gasteiger partial charge in [0, 0.05) is 31.5 Å². The van der Waals surface area contributed by atoms with Crippen molar-refractivity contribution in [2.75, 3.05) is 30.0 Å². The molecular weight excluding hydrogens is 446 g/mol. The van der Waals surface area contributed by atoms with Gasteiger partial charge < -0.3 is 20.1 Å². The molecule has 0 aliphatic carbocycles. The number of thiazole rings is 1. The van der Waals surface area contributed by atoms with Crippen molar-refractivity contribution in [2.45, 2.75) is 64.8 Å². The quantitative estimate of drug-likeness (QED) is 0.335. The maximum Gasteiger partial charge on any atom is 0.303 e. The lowest BCUT2D eigenvalue weighted by Gasteiger charge is -2.37. The largest absolute Gasteiger partial charge is 0.481 e. The highest BCUT2D eigenvalue weighted by Crippen LogP contribution is 2.37. The standard InChI is InChI=1S/C27H35N3O3S/c1-4-12-30(22-10-13-33-14-11-22)25-9-6-20(19(5-2)16-27(31)32)15-24(25)29-21-7-8-23-26(17-21)34-18(3)28-23/h6-9,15,17,19,22,29H,4-5,10-14,16H2,1-3H3,(H,31,32)/t19-/m0/s1. The Hall–Kier alpha value is -2.64. The van der Waals surface area contributed by atoms with Crippen molar-refractivity contribution in [1.82, 2.24) is 4.98 Å². The van der Waals surface area contributed by atoms with Gasteiger partial charge in [-0.25, -0.2) is 4.98 Å². The number of anilines is 3. The first-order valence-corrected chi connectivity index (χ1v) is 13.1. The van der Waals surface area contributed by atoms with Crippen molar-refractivity contribution in [3.8, 4) is 0 Å². The Morgan fingerprint density at radius 1 is 1.24 bits per heavy atom. The molecule has 0 spiro atoms. The Kier molecular flexibility index (Phi) is 8.06. The Balaban J connectivity index is 1.74. The normalized spacial score (nSPS) is 15.4. The second-order valence-electron chi connectivity index (χ2n) is 9.06. The summed E-state index contributed by atoms with van der Waals surface area (Å²) in [5, 5.41) is 14.2. The molecule has 7 heteroatoms. The molecule has 1 saturated heterocycles. The average molecular weight is 482 g/mol. The third-order valence-electron chi connectivity index (χ3n) is 6.59. The van der Waals surface area contributed by atoms with Gasteiger partial charge in [-0.2, -0.15) is 0 Å². The number of rotatable bonds is 10. The molecule has 34 heavy (non-hydrogen) atoms. The monoisotopic (exact) mass is 481 g/mol. The molecule has 2 heterocycles. The van der Waals surface area contributed by atoms with Crippen LogP contribution in [0.5, 0.6) is 0 Å². The molecule has 1 fully saturated rings. The van der Waals surface area contributed by atoms with E-state index in [1.807, 2.05) is 6.92 Å². The van der Waals surface area contributed by atoms with Gasteiger partial charge in [-0.15, -0.1) is 11.3 Å². The van der Waals surface area contributed by atoms with Crippen LogP contribution in [-0.4, -0.2) is 41.9 Å². The molecule has 1 atom stereocenters. The van der Waals surface area contributed by atoms with Crippen molar-refractivity contribution in [3.63, 3.8) is 0 Å². The first-order chi connectivity index (χ1) is 16.5. The molecule has 0 saturated carbocycles. The van der Waals surface area contributed by atoms with Crippen molar-refractivity contribution >= 4 is 44.6 Å². The van der Waals surface area contributed by atoms with Crippen LogP contribution in [0.3, 0.4) is 0 Å². The summed E-state index contributed by atoms with van der Waals surface area (Å²) in [6.45, 7) is 8.86. The molecule has 1 aromatic heterocycles. The number of carboxylic acids is 1. The maximum atomic E-state index is 11.5. The average Bonchev–Trinajstić information content (AvgIpc) is 3.21. The van der Waals surface area contributed by atoms with E-state index in [1.165, 1.54) is 5.69 Å². The molecule has 1 aliphatic heterocycles. The number of carbonyl (C=O) groups is 1. The van der Waals surface area contributed by atoms with Crippen LogP contribution >= 0.6 is 11.3 Å². The van der Waals surface area contributed by atoms with Crippen LogP contribution in [0.1, 0.15) is 62.4 Å².